The Balaban J connectivity index is 1.89. The highest BCUT2D eigenvalue weighted by Crippen LogP contribution is 2.38. The van der Waals surface area contributed by atoms with Gasteiger partial charge in [-0.2, -0.15) is 0 Å². The SMILES string of the molecule is Cc1nc(N2C[C@@H](C)O[C@@H](C)C2)c2c(-c3ccccc3)csc2n1. The Morgan fingerprint density at radius 3 is 2.50 bits per heavy atom. The zero-order chi connectivity index (χ0) is 16.7. The van der Waals surface area contributed by atoms with Crippen LogP contribution in [-0.2, 0) is 4.74 Å². The number of benzene rings is 1. The van der Waals surface area contributed by atoms with E-state index in [4.69, 9.17) is 9.72 Å². The molecule has 4 nitrogen and oxygen atoms in total. The van der Waals surface area contributed by atoms with Crippen LogP contribution < -0.4 is 4.90 Å². The summed E-state index contributed by atoms with van der Waals surface area (Å²) in [5, 5.41) is 3.36. The second-order valence-corrected chi connectivity index (χ2v) is 7.31. The van der Waals surface area contributed by atoms with Crippen molar-refractivity contribution in [3.05, 3.63) is 41.5 Å². The fourth-order valence-corrected chi connectivity index (χ4v) is 4.42. The van der Waals surface area contributed by atoms with E-state index in [2.05, 4.69) is 53.4 Å². The summed E-state index contributed by atoms with van der Waals surface area (Å²) in [5.74, 6) is 1.87. The highest BCUT2D eigenvalue weighted by atomic mass is 32.1. The fourth-order valence-electron chi connectivity index (χ4n) is 3.44. The summed E-state index contributed by atoms with van der Waals surface area (Å²) in [5.41, 5.74) is 2.43. The molecule has 1 aliphatic rings. The van der Waals surface area contributed by atoms with Crippen LogP contribution in [0.25, 0.3) is 21.3 Å². The third-order valence-electron chi connectivity index (χ3n) is 4.33. The summed E-state index contributed by atoms with van der Waals surface area (Å²) in [4.78, 5) is 12.9. The molecule has 0 unspecified atom stereocenters. The second kappa shape index (κ2) is 6.15. The van der Waals surface area contributed by atoms with Crippen LogP contribution in [0.2, 0.25) is 0 Å². The molecule has 3 aromatic rings. The molecular formula is C19H21N3OS. The summed E-state index contributed by atoms with van der Waals surface area (Å²) in [6.07, 6.45) is 0.413. The molecule has 0 N–H and O–H groups in total. The Kier molecular flexibility index (Phi) is 3.98. The highest BCUT2D eigenvalue weighted by Gasteiger charge is 2.26. The quantitative estimate of drug-likeness (QED) is 0.698. The van der Waals surface area contributed by atoms with E-state index in [1.807, 2.05) is 13.0 Å². The average molecular weight is 339 g/mol. The summed E-state index contributed by atoms with van der Waals surface area (Å²) in [6, 6.07) is 10.5. The zero-order valence-electron chi connectivity index (χ0n) is 14.2. The van der Waals surface area contributed by atoms with Gasteiger partial charge in [-0.15, -0.1) is 11.3 Å². The lowest BCUT2D eigenvalue weighted by atomic mass is 10.1. The highest BCUT2D eigenvalue weighted by molar-refractivity contribution is 7.17. The molecule has 1 aromatic carbocycles. The predicted molar refractivity (Wildman–Crippen MR) is 99.8 cm³/mol. The van der Waals surface area contributed by atoms with Crippen molar-refractivity contribution < 1.29 is 4.74 Å². The van der Waals surface area contributed by atoms with Crippen LogP contribution in [-0.4, -0.2) is 35.3 Å². The van der Waals surface area contributed by atoms with Crippen molar-refractivity contribution in [2.24, 2.45) is 0 Å². The van der Waals surface area contributed by atoms with Gasteiger partial charge in [0, 0.05) is 24.0 Å². The maximum Gasteiger partial charge on any atom is 0.141 e. The molecule has 0 amide bonds. The lowest BCUT2D eigenvalue weighted by Gasteiger charge is -2.36. The van der Waals surface area contributed by atoms with E-state index < -0.39 is 0 Å². The van der Waals surface area contributed by atoms with Crippen LogP contribution >= 0.6 is 11.3 Å². The predicted octanol–water partition coefficient (Wildman–Crippen LogP) is 4.28. The first-order valence-corrected chi connectivity index (χ1v) is 9.21. The van der Waals surface area contributed by atoms with Gasteiger partial charge in [-0.05, 0) is 26.3 Å². The molecule has 5 heteroatoms. The summed E-state index contributed by atoms with van der Waals surface area (Å²) in [6.45, 7) is 7.94. The lowest BCUT2D eigenvalue weighted by molar-refractivity contribution is -0.00537. The molecule has 2 aromatic heterocycles. The van der Waals surface area contributed by atoms with Gasteiger partial charge in [-0.1, -0.05) is 30.3 Å². The van der Waals surface area contributed by atoms with Crippen LogP contribution in [0.4, 0.5) is 5.82 Å². The largest absolute Gasteiger partial charge is 0.372 e. The maximum absolute atomic E-state index is 5.89. The molecule has 0 saturated carbocycles. The molecule has 3 heterocycles. The van der Waals surface area contributed by atoms with E-state index in [0.717, 1.165) is 34.9 Å². The van der Waals surface area contributed by atoms with Gasteiger partial charge in [0.2, 0.25) is 0 Å². The van der Waals surface area contributed by atoms with Crippen molar-refractivity contribution in [2.45, 2.75) is 33.0 Å². The van der Waals surface area contributed by atoms with Crippen LogP contribution in [0, 0.1) is 6.92 Å². The van der Waals surface area contributed by atoms with Crippen molar-refractivity contribution in [1.82, 2.24) is 9.97 Å². The van der Waals surface area contributed by atoms with Crippen molar-refractivity contribution in [3.63, 3.8) is 0 Å². The number of hydrogen-bond donors (Lipinski definition) is 0. The van der Waals surface area contributed by atoms with Crippen LogP contribution in [0.3, 0.4) is 0 Å². The Bertz CT molecular complexity index is 852. The zero-order valence-corrected chi connectivity index (χ0v) is 15.0. The molecular weight excluding hydrogens is 318 g/mol. The Labute approximate surface area is 146 Å². The van der Waals surface area contributed by atoms with Gasteiger partial charge in [0.15, 0.2) is 0 Å². The van der Waals surface area contributed by atoms with E-state index in [9.17, 15) is 0 Å². The summed E-state index contributed by atoms with van der Waals surface area (Å²) < 4.78 is 5.89. The fraction of sp³-hybridized carbons (Fsp3) is 0.368. The molecule has 0 bridgehead atoms. The molecule has 0 aliphatic carbocycles. The summed E-state index contributed by atoms with van der Waals surface area (Å²) >= 11 is 1.69. The van der Waals surface area contributed by atoms with Crippen LogP contribution in [0.1, 0.15) is 19.7 Å². The minimum atomic E-state index is 0.206. The van der Waals surface area contributed by atoms with E-state index >= 15 is 0 Å². The van der Waals surface area contributed by atoms with E-state index in [0.29, 0.717) is 0 Å². The van der Waals surface area contributed by atoms with Gasteiger partial charge >= 0.3 is 0 Å². The van der Waals surface area contributed by atoms with Crippen LogP contribution in [0.15, 0.2) is 35.7 Å². The van der Waals surface area contributed by atoms with Gasteiger partial charge in [0.05, 0.1) is 17.6 Å². The van der Waals surface area contributed by atoms with E-state index in [-0.39, 0.29) is 12.2 Å². The molecule has 0 spiro atoms. The molecule has 24 heavy (non-hydrogen) atoms. The molecule has 1 fully saturated rings. The first kappa shape index (κ1) is 15.5. The normalized spacial score (nSPS) is 21.4. The van der Waals surface area contributed by atoms with Crippen LogP contribution in [0.5, 0.6) is 0 Å². The number of rotatable bonds is 2. The number of morpholine rings is 1. The smallest absolute Gasteiger partial charge is 0.141 e. The molecule has 1 saturated heterocycles. The monoisotopic (exact) mass is 339 g/mol. The average Bonchev–Trinajstić information content (AvgIpc) is 2.97. The minimum absolute atomic E-state index is 0.206. The number of hydrogen-bond acceptors (Lipinski definition) is 5. The molecule has 4 rings (SSSR count). The van der Waals surface area contributed by atoms with E-state index in [1.54, 1.807) is 11.3 Å². The topological polar surface area (TPSA) is 38.2 Å². The lowest BCUT2D eigenvalue weighted by Crippen LogP contribution is -2.46. The number of ether oxygens (including phenoxy) is 1. The van der Waals surface area contributed by atoms with Crippen molar-refractivity contribution in [2.75, 3.05) is 18.0 Å². The maximum atomic E-state index is 5.89. The Morgan fingerprint density at radius 1 is 1.08 bits per heavy atom. The molecule has 1 aliphatic heterocycles. The first-order valence-electron chi connectivity index (χ1n) is 8.33. The number of fused-ring (bicyclic) bond motifs is 1. The van der Waals surface area contributed by atoms with Gasteiger partial charge in [0.1, 0.15) is 16.5 Å². The number of aryl methyl sites for hydroxylation is 1. The number of thiophene rings is 1. The number of aromatic nitrogens is 2. The van der Waals surface area contributed by atoms with Gasteiger partial charge in [-0.25, -0.2) is 9.97 Å². The van der Waals surface area contributed by atoms with Crippen molar-refractivity contribution in [3.8, 4) is 11.1 Å². The minimum Gasteiger partial charge on any atom is -0.372 e. The Hall–Kier alpha value is -1.98. The number of nitrogens with zero attached hydrogens (tertiary/aromatic N) is 3. The second-order valence-electron chi connectivity index (χ2n) is 6.45. The Morgan fingerprint density at radius 2 is 1.79 bits per heavy atom. The third kappa shape index (κ3) is 2.78. The first-order chi connectivity index (χ1) is 11.6. The van der Waals surface area contributed by atoms with Crippen molar-refractivity contribution in [1.29, 1.82) is 0 Å². The van der Waals surface area contributed by atoms with Gasteiger partial charge in [-0.3, -0.25) is 0 Å². The summed E-state index contributed by atoms with van der Waals surface area (Å²) in [7, 11) is 0. The third-order valence-corrected chi connectivity index (χ3v) is 5.20. The molecule has 124 valence electrons. The van der Waals surface area contributed by atoms with E-state index in [1.165, 1.54) is 11.1 Å². The van der Waals surface area contributed by atoms with Gasteiger partial charge < -0.3 is 9.64 Å². The van der Waals surface area contributed by atoms with Gasteiger partial charge in [0.25, 0.3) is 0 Å². The van der Waals surface area contributed by atoms with Crippen molar-refractivity contribution >= 4 is 27.4 Å². The number of anilines is 1. The standard InChI is InChI=1S/C19H21N3OS/c1-12-9-22(10-13(2)23-12)18-17-16(15-7-5-4-6-8-15)11-24-19(17)21-14(3)20-18/h4-8,11-13H,9-10H2,1-3H3/t12-,13+. The molecule has 2 atom stereocenters. The molecule has 0 radical (unpaired) electrons.